The Labute approximate surface area is 198 Å². The molecule has 4 aromatic rings. The largest absolute Gasteiger partial charge is 0.295 e. The van der Waals surface area contributed by atoms with Crippen molar-refractivity contribution in [1.82, 2.24) is 0 Å². The van der Waals surface area contributed by atoms with Crippen LogP contribution in [0.15, 0.2) is 72.8 Å². The second-order valence-electron chi connectivity index (χ2n) is 7.76. The van der Waals surface area contributed by atoms with E-state index in [1.54, 1.807) is 13.8 Å². The van der Waals surface area contributed by atoms with Gasteiger partial charge in [-0.2, -0.15) is 0 Å². The molecule has 172 valence electrons. The fraction of sp³-hybridized carbons (Fsp3) is 0.290. The molecule has 4 rings (SSSR count). The van der Waals surface area contributed by atoms with E-state index >= 15 is 0 Å². The molecule has 0 bridgehead atoms. The number of ketones is 2. The molecule has 0 saturated carbocycles. The van der Waals surface area contributed by atoms with Gasteiger partial charge in [-0.3, -0.25) is 9.59 Å². The number of hydrogen-bond donors (Lipinski definition) is 0. The quantitative estimate of drug-likeness (QED) is 0.281. The van der Waals surface area contributed by atoms with Crippen LogP contribution in [-0.2, 0) is 12.8 Å². The molecule has 0 amide bonds. The molecule has 0 fully saturated rings. The van der Waals surface area contributed by atoms with Crippen LogP contribution in [0, 0.1) is 0 Å². The van der Waals surface area contributed by atoms with E-state index in [0.717, 1.165) is 41.2 Å². The maximum atomic E-state index is 11.5. The third kappa shape index (κ3) is 6.86. The van der Waals surface area contributed by atoms with Gasteiger partial charge in [0.05, 0.1) is 0 Å². The van der Waals surface area contributed by atoms with Crippen LogP contribution < -0.4 is 0 Å². The van der Waals surface area contributed by atoms with Crippen LogP contribution >= 0.6 is 0 Å². The van der Waals surface area contributed by atoms with Gasteiger partial charge in [0, 0.05) is 11.1 Å². The molecule has 0 heterocycles. The van der Waals surface area contributed by atoms with E-state index in [0.29, 0.717) is 0 Å². The molecule has 0 spiro atoms. The summed E-state index contributed by atoms with van der Waals surface area (Å²) in [6.07, 6.45) is 3.12. The molecule has 0 saturated heterocycles. The zero-order valence-electron chi connectivity index (χ0n) is 20.9. The van der Waals surface area contributed by atoms with Gasteiger partial charge in [0.1, 0.15) is 0 Å². The fourth-order valence-corrected chi connectivity index (χ4v) is 3.84. The molecule has 0 atom stereocenters. The van der Waals surface area contributed by atoms with E-state index < -0.39 is 0 Å². The van der Waals surface area contributed by atoms with Crippen LogP contribution in [0.1, 0.15) is 79.8 Å². The van der Waals surface area contributed by atoms with Crippen LogP contribution in [0.3, 0.4) is 0 Å². The number of carbonyl (C=O) groups excluding carboxylic acids is 2. The van der Waals surface area contributed by atoms with Crippen molar-refractivity contribution in [3.05, 3.63) is 95.1 Å². The van der Waals surface area contributed by atoms with Gasteiger partial charge < -0.3 is 0 Å². The number of carbonyl (C=O) groups is 2. The Morgan fingerprint density at radius 3 is 1.21 bits per heavy atom. The van der Waals surface area contributed by atoms with Gasteiger partial charge in [0.15, 0.2) is 11.6 Å². The third-order valence-corrected chi connectivity index (χ3v) is 5.55. The van der Waals surface area contributed by atoms with Crippen LogP contribution in [-0.4, -0.2) is 11.6 Å². The third-order valence-electron chi connectivity index (χ3n) is 5.55. The minimum absolute atomic E-state index is 0.101. The van der Waals surface area contributed by atoms with Crippen molar-refractivity contribution < 1.29 is 9.59 Å². The van der Waals surface area contributed by atoms with E-state index in [-0.39, 0.29) is 11.6 Å². The van der Waals surface area contributed by atoms with Crippen molar-refractivity contribution in [2.24, 2.45) is 0 Å². The Kier molecular flexibility index (Phi) is 10.00. The summed E-state index contributed by atoms with van der Waals surface area (Å²) in [6.45, 7) is 11.2. The minimum Gasteiger partial charge on any atom is -0.295 e. The predicted octanol–water partition coefficient (Wildman–Crippen LogP) is 8.63. The highest BCUT2D eigenvalue weighted by Crippen LogP contribution is 2.22. The molecular weight excluding hydrogens is 404 g/mol. The Balaban J connectivity index is 0.000000914. The van der Waals surface area contributed by atoms with Crippen molar-refractivity contribution in [2.45, 2.75) is 60.8 Å². The first kappa shape index (κ1) is 26.0. The van der Waals surface area contributed by atoms with Gasteiger partial charge in [0.25, 0.3) is 0 Å². The molecule has 2 nitrogen and oxygen atoms in total. The average Bonchev–Trinajstić information content (AvgIpc) is 2.85. The molecule has 0 aliphatic carbocycles. The number of aryl methyl sites for hydroxylation is 2. The Morgan fingerprint density at radius 1 is 0.515 bits per heavy atom. The van der Waals surface area contributed by atoms with Crippen molar-refractivity contribution >= 4 is 33.1 Å². The molecule has 0 N–H and O–H groups in total. The fourth-order valence-electron chi connectivity index (χ4n) is 3.84. The van der Waals surface area contributed by atoms with Crippen molar-refractivity contribution in [3.63, 3.8) is 0 Å². The topological polar surface area (TPSA) is 34.1 Å². The maximum absolute atomic E-state index is 11.5. The first-order valence-corrected chi connectivity index (χ1v) is 12.1. The maximum Gasteiger partial charge on any atom is 0.159 e. The highest BCUT2D eigenvalue weighted by molar-refractivity contribution is 5.99. The molecule has 0 radical (unpaired) electrons. The summed E-state index contributed by atoms with van der Waals surface area (Å²) in [6, 6.07) is 24.8. The number of hydrogen-bond acceptors (Lipinski definition) is 2. The molecule has 0 unspecified atom stereocenters. The molecule has 0 aliphatic heterocycles. The van der Waals surface area contributed by atoms with Gasteiger partial charge in [-0.1, -0.05) is 88.4 Å². The lowest BCUT2D eigenvalue weighted by atomic mass is 9.98. The van der Waals surface area contributed by atoms with Gasteiger partial charge in [-0.05, 0) is 77.9 Å². The highest BCUT2D eigenvalue weighted by atomic mass is 16.1. The summed E-state index contributed by atoms with van der Waals surface area (Å²) in [5, 5.41) is 4.58. The lowest BCUT2D eigenvalue weighted by Gasteiger charge is -2.07. The summed E-state index contributed by atoms with van der Waals surface area (Å²) >= 11 is 0. The summed E-state index contributed by atoms with van der Waals surface area (Å²) in [4.78, 5) is 23.1. The van der Waals surface area contributed by atoms with Gasteiger partial charge in [-0.15, -0.1) is 0 Å². The van der Waals surface area contributed by atoms with Crippen LogP contribution in [0.4, 0.5) is 0 Å². The van der Waals surface area contributed by atoms with Gasteiger partial charge in [-0.25, -0.2) is 0 Å². The molecule has 0 aliphatic rings. The first-order valence-electron chi connectivity index (χ1n) is 12.1. The summed E-state index contributed by atoms with van der Waals surface area (Å²) < 4.78 is 0. The van der Waals surface area contributed by atoms with Crippen LogP contribution in [0.2, 0.25) is 0 Å². The summed E-state index contributed by atoms with van der Waals surface area (Å²) in [5.41, 5.74) is 4.16. The first-order chi connectivity index (χ1) is 16.0. The number of rotatable bonds is 6. The minimum atomic E-state index is 0.101. The number of Topliss-reactive ketones (excluding diaryl/α,β-unsaturated/α-hetero) is 2. The lowest BCUT2D eigenvalue weighted by Crippen LogP contribution is -1.93. The van der Waals surface area contributed by atoms with Gasteiger partial charge in [0.2, 0.25) is 0 Å². The molecule has 33 heavy (non-hydrogen) atoms. The molecular formula is C31H36O2. The van der Waals surface area contributed by atoms with Crippen molar-refractivity contribution in [2.75, 3.05) is 0 Å². The Hall–Kier alpha value is -3.26. The van der Waals surface area contributed by atoms with Crippen LogP contribution in [0.25, 0.3) is 21.5 Å². The van der Waals surface area contributed by atoms with E-state index in [9.17, 15) is 9.59 Å². The predicted molar refractivity (Wildman–Crippen MR) is 143 cm³/mol. The second kappa shape index (κ2) is 12.7. The molecule has 4 aromatic carbocycles. The summed E-state index contributed by atoms with van der Waals surface area (Å²) in [5.74, 6) is 0.202. The second-order valence-corrected chi connectivity index (χ2v) is 7.76. The van der Waals surface area contributed by atoms with Gasteiger partial charge >= 0.3 is 0 Å². The Morgan fingerprint density at radius 2 is 0.848 bits per heavy atom. The van der Waals surface area contributed by atoms with E-state index in [2.05, 4.69) is 36.4 Å². The zero-order chi connectivity index (χ0) is 24.4. The van der Waals surface area contributed by atoms with Crippen molar-refractivity contribution in [1.29, 1.82) is 0 Å². The number of fused-ring (bicyclic) bond motifs is 2. The lowest BCUT2D eigenvalue weighted by molar-refractivity contribution is 0.100. The van der Waals surface area contributed by atoms with E-state index in [1.807, 2.05) is 64.1 Å². The number of benzene rings is 4. The summed E-state index contributed by atoms with van der Waals surface area (Å²) in [7, 11) is 0. The van der Waals surface area contributed by atoms with E-state index in [4.69, 9.17) is 0 Å². The van der Waals surface area contributed by atoms with E-state index in [1.165, 1.54) is 21.9 Å². The molecule has 2 heteroatoms. The SMILES string of the molecule is CC.CC.CC(=O)c1ccc2cc(CCCc3ccc4cc(C(C)=O)ccc4c3)ccc2c1. The van der Waals surface area contributed by atoms with Crippen LogP contribution in [0.5, 0.6) is 0 Å². The smallest absolute Gasteiger partial charge is 0.159 e. The van der Waals surface area contributed by atoms with Crippen molar-refractivity contribution in [3.8, 4) is 0 Å². The molecule has 0 aromatic heterocycles. The zero-order valence-corrected chi connectivity index (χ0v) is 20.9. The standard InChI is InChI=1S/C27H24O2.2C2H6/c1-18(28)22-10-12-24-14-20(6-8-26(24)16-22)4-3-5-21-7-9-27-17-23(19(2)29)11-13-25(27)15-21;2*1-2/h6-17H,3-5H2,1-2H3;2*1-2H3. The monoisotopic (exact) mass is 440 g/mol. The normalized spacial score (nSPS) is 10.1. The highest BCUT2D eigenvalue weighted by Gasteiger charge is 2.04. The average molecular weight is 441 g/mol. The Bertz CT molecular complexity index is 1140.